The number of carboxylic acids is 2. The number of β-lactam (4-membered cyclic amide) rings is 1. The molecule has 2 aromatic rings. The predicted octanol–water partition coefficient (Wildman–Crippen LogP) is -1.33. The third-order valence-corrected chi connectivity index (χ3v) is 8.34. The lowest BCUT2D eigenvalue weighted by atomic mass is 10.0. The van der Waals surface area contributed by atoms with Crippen molar-refractivity contribution in [1.29, 1.82) is 0 Å². The number of thiazole rings is 1. The minimum Gasteiger partial charge on any atom is -0.478 e. The summed E-state index contributed by atoms with van der Waals surface area (Å²) in [4.78, 5) is 59.6. The largest absolute Gasteiger partial charge is 0.478 e. The van der Waals surface area contributed by atoms with Gasteiger partial charge in [0.2, 0.25) is 6.10 Å². The van der Waals surface area contributed by atoms with E-state index in [-0.39, 0.29) is 46.3 Å². The Hall–Kier alpha value is -3.87. The van der Waals surface area contributed by atoms with Crippen molar-refractivity contribution in [3.05, 3.63) is 33.6 Å². The van der Waals surface area contributed by atoms with Crippen molar-refractivity contribution >= 4 is 75.1 Å². The zero-order valence-corrected chi connectivity index (χ0v) is 23.1. The van der Waals surface area contributed by atoms with Crippen molar-refractivity contribution in [3.8, 4) is 0 Å². The normalized spacial score (nSPS) is 19.6. The molecule has 0 saturated carbocycles. The highest BCUT2D eigenvalue weighted by atomic mass is 35.5. The monoisotopic (exact) mass is 615 g/mol. The molecule has 4 rings (SSSR count). The Bertz CT molecular complexity index is 1440. The molecule has 8 N–H and O–H groups in total. The van der Waals surface area contributed by atoms with E-state index in [1.807, 2.05) is 0 Å². The first-order valence-electron chi connectivity index (χ1n) is 11.5. The second-order valence-corrected chi connectivity index (χ2v) is 11.2. The van der Waals surface area contributed by atoms with E-state index in [1.54, 1.807) is 21.6 Å². The Balaban J connectivity index is 1.57. The fourth-order valence-corrected chi connectivity index (χ4v) is 6.27. The van der Waals surface area contributed by atoms with E-state index in [9.17, 15) is 29.4 Å². The van der Waals surface area contributed by atoms with Gasteiger partial charge in [-0.2, -0.15) is 0 Å². The van der Waals surface area contributed by atoms with Gasteiger partial charge >= 0.3 is 11.9 Å². The summed E-state index contributed by atoms with van der Waals surface area (Å²) in [5, 5.41) is 33.7. The van der Waals surface area contributed by atoms with Crippen LogP contribution in [0.3, 0.4) is 0 Å². The average molecular weight is 616 g/mol. The number of rotatable bonds is 11. The summed E-state index contributed by atoms with van der Waals surface area (Å²) in [5.74, 6) is -3.72. The highest BCUT2D eigenvalue weighted by molar-refractivity contribution is 8.00. The van der Waals surface area contributed by atoms with Crippen LogP contribution in [0.5, 0.6) is 0 Å². The number of hydrogen-bond acceptors (Lipinski definition) is 12. The summed E-state index contributed by atoms with van der Waals surface area (Å²) in [6, 6.07) is 0.477. The van der Waals surface area contributed by atoms with Crippen molar-refractivity contribution in [2.45, 2.75) is 37.5 Å². The maximum absolute atomic E-state index is 13.2. The Morgan fingerprint density at radius 2 is 2.10 bits per heavy atom. The van der Waals surface area contributed by atoms with E-state index in [4.69, 9.17) is 33.0 Å². The van der Waals surface area contributed by atoms with Crippen molar-refractivity contribution in [1.82, 2.24) is 19.9 Å². The Morgan fingerprint density at radius 3 is 2.70 bits per heavy atom. The maximum Gasteiger partial charge on any atom is 0.352 e. The number of nitrogens with two attached hydrogens (primary N) is 2. The van der Waals surface area contributed by atoms with Crippen molar-refractivity contribution in [2.75, 3.05) is 23.8 Å². The molecule has 1 fully saturated rings. The number of aliphatic carboxylic acids is 2. The predicted molar refractivity (Wildman–Crippen MR) is 142 cm³/mol. The van der Waals surface area contributed by atoms with Crippen LogP contribution in [-0.4, -0.2) is 89.2 Å². The number of nitrogens with zero attached hydrogens (tertiary/aromatic N) is 5. The number of halogens is 1. The van der Waals surface area contributed by atoms with Crippen LogP contribution in [0.4, 0.5) is 10.9 Å². The second-order valence-electron chi connectivity index (χ2n) is 8.50. The number of thioether (sulfide) groups is 1. The molecule has 1 saturated heterocycles. The Kier molecular flexibility index (Phi) is 8.52. The standard InChI is InChI=1S/C21H23ClN8O8S2/c1-8(19(34)35)38-27-12(11-15(22)40-21(24)26-11)16(32)25-13-17(33)30-14(20(36)37)9(7-39-18(13)30)6-28-3-2-10(23)29(28)4-5-31/h2-3,8,13,18,23,31H,4-7H2,1H3,(H5,24,25,26,32,34,35,36,37)/p+1/t8-,13?,18?/m0/s1. The molecular formula is C21H24ClN8O8S2+. The summed E-state index contributed by atoms with van der Waals surface area (Å²) >= 11 is 8.20. The number of hydrogen-bond donors (Lipinski definition) is 6. The minimum atomic E-state index is -1.42. The maximum atomic E-state index is 13.2. The van der Waals surface area contributed by atoms with Crippen LogP contribution in [0.15, 0.2) is 28.7 Å². The van der Waals surface area contributed by atoms with Crippen LogP contribution < -0.4 is 21.5 Å². The number of nitrogens with one attached hydrogen (secondary N) is 1. The van der Waals surface area contributed by atoms with E-state index in [0.717, 1.165) is 16.2 Å². The molecule has 0 aromatic carbocycles. The van der Waals surface area contributed by atoms with Gasteiger partial charge in [0.15, 0.2) is 29.4 Å². The summed E-state index contributed by atoms with van der Waals surface area (Å²) < 4.78 is 3.20. The van der Waals surface area contributed by atoms with Crippen LogP contribution in [0.25, 0.3) is 0 Å². The van der Waals surface area contributed by atoms with Crippen LogP contribution in [0.1, 0.15) is 12.6 Å². The topological polar surface area (TPSA) is 240 Å². The van der Waals surface area contributed by atoms with Gasteiger partial charge in [-0.05, 0) is 6.92 Å². The number of aliphatic hydroxyl groups excluding tert-OH is 1. The van der Waals surface area contributed by atoms with Crippen molar-refractivity contribution < 1.29 is 44.0 Å². The molecule has 214 valence electrons. The lowest BCUT2D eigenvalue weighted by Gasteiger charge is -2.49. The lowest BCUT2D eigenvalue weighted by molar-refractivity contribution is -0.767. The molecule has 2 aliphatic rings. The van der Waals surface area contributed by atoms with Crippen LogP contribution in [-0.2, 0) is 37.1 Å². The number of oxime groups is 1. The van der Waals surface area contributed by atoms with E-state index < -0.39 is 47.0 Å². The SMILES string of the molecule is C[C@H](ON=C(C(=O)NC1C(=O)N2C(C(=O)O)=C(C[n+]3ccc(N)n3CCO)CSC12)c1nc(N)sc1Cl)C(=O)O. The highest BCUT2D eigenvalue weighted by Gasteiger charge is 2.55. The molecule has 2 amide bonds. The molecule has 0 aliphatic carbocycles. The molecule has 4 heterocycles. The van der Waals surface area contributed by atoms with Gasteiger partial charge in [0.25, 0.3) is 11.8 Å². The Morgan fingerprint density at radius 1 is 1.38 bits per heavy atom. The molecule has 0 radical (unpaired) electrons. The van der Waals surface area contributed by atoms with Gasteiger partial charge in [-0.3, -0.25) is 14.5 Å². The van der Waals surface area contributed by atoms with Gasteiger partial charge in [-0.1, -0.05) is 28.1 Å². The first-order valence-corrected chi connectivity index (χ1v) is 13.7. The summed E-state index contributed by atoms with van der Waals surface area (Å²) in [7, 11) is 0. The van der Waals surface area contributed by atoms with E-state index in [1.165, 1.54) is 18.7 Å². The highest BCUT2D eigenvalue weighted by Crippen LogP contribution is 2.40. The fraction of sp³-hybridized carbons (Fsp3) is 0.381. The molecule has 0 spiro atoms. The molecule has 2 aromatic heterocycles. The molecule has 19 heteroatoms. The molecule has 0 bridgehead atoms. The molecule has 40 heavy (non-hydrogen) atoms. The van der Waals surface area contributed by atoms with E-state index in [0.29, 0.717) is 11.4 Å². The summed E-state index contributed by atoms with van der Waals surface area (Å²) in [5.41, 5.74) is 11.1. The third kappa shape index (κ3) is 5.55. The van der Waals surface area contributed by atoms with Gasteiger partial charge < -0.3 is 36.9 Å². The van der Waals surface area contributed by atoms with Crippen LogP contribution in [0.2, 0.25) is 4.34 Å². The number of carbonyl (C=O) groups is 4. The average Bonchev–Trinajstić information content (AvgIpc) is 3.42. The molecule has 16 nitrogen and oxygen atoms in total. The minimum absolute atomic E-state index is 0.00837. The molecule has 2 unspecified atom stereocenters. The number of amides is 2. The Labute approximate surface area is 238 Å². The number of aliphatic hydroxyl groups is 1. The second kappa shape index (κ2) is 11.7. The van der Waals surface area contributed by atoms with Gasteiger partial charge in [0.1, 0.15) is 33.7 Å². The van der Waals surface area contributed by atoms with Crippen LogP contribution >= 0.6 is 34.7 Å². The number of aromatic nitrogens is 3. The summed E-state index contributed by atoms with van der Waals surface area (Å²) in [6.07, 6.45) is 0.223. The van der Waals surface area contributed by atoms with Crippen molar-refractivity contribution in [3.63, 3.8) is 0 Å². The molecule has 2 aliphatic heterocycles. The number of anilines is 2. The van der Waals surface area contributed by atoms with Gasteiger partial charge in [-0.15, -0.1) is 21.1 Å². The van der Waals surface area contributed by atoms with E-state index >= 15 is 0 Å². The fourth-order valence-electron chi connectivity index (χ4n) is 4.01. The molecular weight excluding hydrogens is 592 g/mol. The van der Waals surface area contributed by atoms with Gasteiger partial charge in [0, 0.05) is 11.3 Å². The zero-order chi connectivity index (χ0) is 29.3. The first-order chi connectivity index (χ1) is 18.9. The number of nitrogen functional groups attached to an aromatic ring is 2. The smallest absolute Gasteiger partial charge is 0.352 e. The summed E-state index contributed by atoms with van der Waals surface area (Å²) in [6.45, 7) is 1.29. The third-order valence-electron chi connectivity index (χ3n) is 5.92. The van der Waals surface area contributed by atoms with Crippen molar-refractivity contribution in [2.24, 2.45) is 5.16 Å². The van der Waals surface area contributed by atoms with Crippen LogP contribution in [0, 0.1) is 0 Å². The lowest BCUT2D eigenvalue weighted by Crippen LogP contribution is -2.71. The van der Waals surface area contributed by atoms with Gasteiger partial charge in [0.05, 0.1) is 12.7 Å². The first kappa shape index (κ1) is 29.1. The molecule has 3 atom stereocenters. The van der Waals surface area contributed by atoms with Gasteiger partial charge in [-0.25, -0.2) is 14.6 Å². The quantitative estimate of drug-likeness (QED) is 0.0746. The van der Waals surface area contributed by atoms with E-state index in [2.05, 4.69) is 15.5 Å². The number of carboxylic acid groups (broad SMARTS) is 2. The number of fused-ring (bicyclic) bond motifs is 1. The zero-order valence-electron chi connectivity index (χ0n) is 20.7. The number of carbonyl (C=O) groups excluding carboxylic acids is 2.